The minimum atomic E-state index is -4.05. The van der Waals surface area contributed by atoms with Gasteiger partial charge in [-0.3, -0.25) is 0 Å². The normalized spacial score (nSPS) is 13.5. The van der Waals surface area contributed by atoms with E-state index < -0.39 is 22.0 Å². The molecule has 0 fully saturated rings. The van der Waals surface area contributed by atoms with Crippen molar-refractivity contribution in [1.29, 1.82) is 0 Å². The predicted molar refractivity (Wildman–Crippen MR) is 66.6 cm³/mol. The maximum atomic E-state index is 12.2. The molecule has 0 aliphatic rings. The molecule has 0 unspecified atom stereocenters. The second-order valence-corrected chi connectivity index (χ2v) is 5.78. The van der Waals surface area contributed by atoms with Gasteiger partial charge in [-0.15, -0.1) is 0 Å². The molecule has 0 bridgehead atoms. The smallest absolute Gasteiger partial charge is 0.340 e. The zero-order chi connectivity index (χ0) is 14.8. The molecule has 0 saturated carbocycles. The van der Waals surface area contributed by atoms with Crippen molar-refractivity contribution in [3.05, 3.63) is 17.1 Å². The molecule has 1 atom stereocenters. The molecule has 1 aromatic heterocycles. The van der Waals surface area contributed by atoms with Gasteiger partial charge in [0.25, 0.3) is 0 Å². The first-order chi connectivity index (χ1) is 8.74. The van der Waals surface area contributed by atoms with E-state index in [9.17, 15) is 13.2 Å². The molecule has 0 aliphatic heterocycles. The first-order valence-corrected chi connectivity index (χ1v) is 7.19. The average molecular weight is 291 g/mol. The molecule has 3 N–H and O–H groups in total. The molecule has 7 nitrogen and oxygen atoms in total. The van der Waals surface area contributed by atoms with E-state index in [1.807, 2.05) is 0 Å². The molecular formula is C11H17NO6S. The van der Waals surface area contributed by atoms with E-state index in [0.29, 0.717) is 6.42 Å². The predicted octanol–water partition coefficient (Wildman–Crippen LogP) is 0.644. The van der Waals surface area contributed by atoms with E-state index in [2.05, 4.69) is 4.72 Å². The summed E-state index contributed by atoms with van der Waals surface area (Å²) in [6.45, 7) is 4.11. The fourth-order valence-corrected chi connectivity index (χ4v) is 3.48. The van der Waals surface area contributed by atoms with Crippen LogP contribution in [0.1, 0.15) is 35.2 Å². The van der Waals surface area contributed by atoms with Gasteiger partial charge in [0.05, 0.1) is 6.61 Å². The molecule has 8 heteroatoms. The standard InChI is InChI=1S/C11H17NO6S/c1-4-8(5-13)12-19(16,17)10-7(3)18-6(2)9(10)11(14)15/h8,12-13H,4-5H2,1-3H3,(H,14,15)/t8-/m1/s1. The minimum Gasteiger partial charge on any atom is -0.478 e. The van der Waals surface area contributed by atoms with Gasteiger partial charge in [-0.05, 0) is 20.3 Å². The number of hydrogen-bond donors (Lipinski definition) is 3. The van der Waals surface area contributed by atoms with Gasteiger partial charge in [-0.2, -0.15) is 0 Å². The quantitative estimate of drug-likeness (QED) is 0.708. The summed E-state index contributed by atoms with van der Waals surface area (Å²) in [7, 11) is -4.05. The zero-order valence-electron chi connectivity index (χ0n) is 10.9. The third-order valence-corrected chi connectivity index (χ3v) is 4.40. The van der Waals surface area contributed by atoms with Crippen molar-refractivity contribution in [2.24, 2.45) is 0 Å². The monoisotopic (exact) mass is 291 g/mol. The Balaban J connectivity index is 3.33. The van der Waals surface area contributed by atoms with Gasteiger partial charge in [0.1, 0.15) is 22.0 Å². The summed E-state index contributed by atoms with van der Waals surface area (Å²) in [4.78, 5) is 10.7. The van der Waals surface area contributed by atoms with E-state index in [-0.39, 0.29) is 28.6 Å². The van der Waals surface area contributed by atoms with Gasteiger partial charge in [0, 0.05) is 6.04 Å². The molecule has 1 rings (SSSR count). The van der Waals surface area contributed by atoms with E-state index >= 15 is 0 Å². The van der Waals surface area contributed by atoms with Crippen LogP contribution in [0.2, 0.25) is 0 Å². The Morgan fingerprint density at radius 2 is 1.95 bits per heavy atom. The molecule has 0 amide bonds. The molecule has 19 heavy (non-hydrogen) atoms. The maximum absolute atomic E-state index is 12.2. The SMILES string of the molecule is CC[C@H](CO)NS(=O)(=O)c1c(C)oc(C)c1C(=O)O. The number of aliphatic hydroxyl groups excluding tert-OH is 1. The Bertz CT molecular complexity index is 570. The van der Waals surface area contributed by atoms with Crippen LogP contribution < -0.4 is 4.72 Å². The Kier molecular flexibility index (Phi) is 4.72. The van der Waals surface area contributed by atoms with E-state index in [1.54, 1.807) is 6.92 Å². The number of aliphatic hydroxyl groups is 1. The van der Waals surface area contributed by atoms with Crippen molar-refractivity contribution in [2.75, 3.05) is 6.61 Å². The van der Waals surface area contributed by atoms with E-state index in [1.165, 1.54) is 13.8 Å². The van der Waals surface area contributed by atoms with Crippen LogP contribution in [0, 0.1) is 13.8 Å². The first-order valence-electron chi connectivity index (χ1n) is 5.71. The fourth-order valence-electron chi connectivity index (χ4n) is 1.76. The lowest BCUT2D eigenvalue weighted by Gasteiger charge is -2.14. The molecule has 108 valence electrons. The van der Waals surface area contributed by atoms with Crippen molar-refractivity contribution in [2.45, 2.75) is 38.1 Å². The number of rotatable bonds is 6. The summed E-state index contributed by atoms with van der Waals surface area (Å²) >= 11 is 0. The van der Waals surface area contributed by atoms with Crippen LogP contribution >= 0.6 is 0 Å². The molecule has 0 radical (unpaired) electrons. The molecule has 0 saturated heterocycles. The Morgan fingerprint density at radius 3 is 2.37 bits per heavy atom. The van der Waals surface area contributed by atoms with Crippen molar-refractivity contribution in [1.82, 2.24) is 4.72 Å². The summed E-state index contributed by atoms with van der Waals surface area (Å²) in [5.74, 6) is -1.33. The second-order valence-electron chi connectivity index (χ2n) is 4.13. The number of carboxylic acid groups (broad SMARTS) is 1. The third-order valence-electron chi connectivity index (χ3n) is 2.72. The van der Waals surface area contributed by atoms with Gasteiger partial charge in [-0.1, -0.05) is 6.92 Å². The number of nitrogens with one attached hydrogen (secondary N) is 1. The lowest BCUT2D eigenvalue weighted by atomic mass is 10.2. The van der Waals surface area contributed by atoms with Crippen molar-refractivity contribution < 1.29 is 27.8 Å². The molecule has 1 aromatic rings. The highest BCUT2D eigenvalue weighted by atomic mass is 32.2. The van der Waals surface area contributed by atoms with Gasteiger partial charge in [0.15, 0.2) is 0 Å². The third kappa shape index (κ3) is 3.14. The number of aromatic carboxylic acids is 1. The summed E-state index contributed by atoms with van der Waals surface area (Å²) < 4.78 is 31.7. The molecule has 0 spiro atoms. The van der Waals surface area contributed by atoms with Crippen LogP contribution in [0.15, 0.2) is 9.31 Å². The van der Waals surface area contributed by atoms with Gasteiger partial charge < -0.3 is 14.6 Å². The summed E-state index contributed by atoms with van der Waals surface area (Å²) in [5, 5.41) is 18.1. The highest BCUT2D eigenvalue weighted by Crippen LogP contribution is 2.26. The van der Waals surface area contributed by atoms with E-state index in [0.717, 1.165) is 0 Å². The summed E-state index contributed by atoms with van der Waals surface area (Å²) in [6, 6.07) is -0.666. The molecule has 0 aliphatic carbocycles. The fraction of sp³-hybridized carbons (Fsp3) is 0.545. The van der Waals surface area contributed by atoms with Crippen LogP contribution in [0.3, 0.4) is 0 Å². The number of carboxylic acids is 1. The van der Waals surface area contributed by atoms with Crippen molar-refractivity contribution in [3.8, 4) is 0 Å². The Hall–Kier alpha value is -1.38. The van der Waals surface area contributed by atoms with Crippen LogP contribution in [0.4, 0.5) is 0 Å². The van der Waals surface area contributed by atoms with Crippen LogP contribution in [0.5, 0.6) is 0 Å². The van der Waals surface area contributed by atoms with Crippen molar-refractivity contribution >= 4 is 16.0 Å². The topological polar surface area (TPSA) is 117 Å². The largest absolute Gasteiger partial charge is 0.478 e. The lowest BCUT2D eigenvalue weighted by molar-refractivity contribution is 0.0691. The highest BCUT2D eigenvalue weighted by Gasteiger charge is 2.31. The zero-order valence-corrected chi connectivity index (χ0v) is 11.7. The Morgan fingerprint density at radius 1 is 1.37 bits per heavy atom. The lowest BCUT2D eigenvalue weighted by Crippen LogP contribution is -2.37. The molecule has 0 aromatic carbocycles. The van der Waals surface area contributed by atoms with Crippen LogP contribution in [-0.2, 0) is 10.0 Å². The van der Waals surface area contributed by atoms with Gasteiger partial charge in [0.2, 0.25) is 10.0 Å². The highest BCUT2D eigenvalue weighted by molar-refractivity contribution is 7.89. The molecular weight excluding hydrogens is 274 g/mol. The van der Waals surface area contributed by atoms with Gasteiger partial charge >= 0.3 is 5.97 Å². The number of furan rings is 1. The number of carbonyl (C=O) groups is 1. The summed E-state index contributed by atoms with van der Waals surface area (Å²) in [5.41, 5.74) is -0.377. The first kappa shape index (κ1) is 15.7. The van der Waals surface area contributed by atoms with Crippen LogP contribution in [0.25, 0.3) is 0 Å². The van der Waals surface area contributed by atoms with Crippen LogP contribution in [-0.4, -0.2) is 37.2 Å². The summed E-state index contributed by atoms with van der Waals surface area (Å²) in [6.07, 6.45) is 0.383. The molecule has 1 heterocycles. The number of sulfonamides is 1. The minimum absolute atomic E-state index is 0.00944. The second kappa shape index (κ2) is 5.72. The Labute approximate surface area is 111 Å². The average Bonchev–Trinajstić information content (AvgIpc) is 2.61. The van der Waals surface area contributed by atoms with Gasteiger partial charge in [-0.25, -0.2) is 17.9 Å². The maximum Gasteiger partial charge on any atom is 0.340 e. The van der Waals surface area contributed by atoms with Crippen molar-refractivity contribution in [3.63, 3.8) is 0 Å². The van der Waals surface area contributed by atoms with E-state index in [4.69, 9.17) is 14.6 Å². The number of hydrogen-bond acceptors (Lipinski definition) is 5. The number of aryl methyl sites for hydroxylation is 2.